The fraction of sp³-hybridized carbons (Fsp3) is 0.294. The summed E-state index contributed by atoms with van der Waals surface area (Å²) in [4.78, 5) is 4.37. The molecule has 2 aromatic rings. The zero-order valence-corrected chi connectivity index (χ0v) is 13.2. The molecule has 0 radical (unpaired) electrons. The largest absolute Gasteiger partial charge is 0.506 e. The van der Waals surface area contributed by atoms with Gasteiger partial charge < -0.3 is 31.5 Å². The van der Waals surface area contributed by atoms with Gasteiger partial charge in [-0.15, -0.1) is 0 Å². The zero-order valence-electron chi connectivity index (χ0n) is 13.2. The van der Waals surface area contributed by atoms with Crippen LogP contribution in [-0.4, -0.2) is 16.9 Å². The van der Waals surface area contributed by atoms with E-state index in [9.17, 15) is 10.2 Å². The molecule has 2 aromatic carbocycles. The Hall–Kier alpha value is -2.76. The van der Waals surface area contributed by atoms with Crippen molar-refractivity contribution < 1.29 is 10.2 Å². The summed E-state index contributed by atoms with van der Waals surface area (Å²) in [6.07, 6.45) is 0. The highest BCUT2D eigenvalue weighted by Gasteiger charge is 2.34. The van der Waals surface area contributed by atoms with Crippen molar-refractivity contribution in [1.29, 1.82) is 0 Å². The number of phenolic OH excluding ortho intramolecular Hbond substituents is 2. The lowest BCUT2D eigenvalue weighted by Gasteiger charge is -2.46. The highest BCUT2D eigenvalue weighted by Crippen LogP contribution is 2.47. The Balaban J connectivity index is 1.93. The molecule has 0 amide bonds. The quantitative estimate of drug-likeness (QED) is 0.439. The summed E-state index contributed by atoms with van der Waals surface area (Å²) in [5.41, 5.74) is 18.6. The third kappa shape index (κ3) is 1.75. The van der Waals surface area contributed by atoms with Crippen molar-refractivity contribution in [1.82, 2.24) is 0 Å². The third-order valence-corrected chi connectivity index (χ3v) is 4.92. The SMILES string of the molecule is Cc1cc(N)c(O)c2c1N1Cc3cc(O)c(N)c(C)c3N(C2)C1. The summed E-state index contributed by atoms with van der Waals surface area (Å²) in [5, 5.41) is 20.4. The van der Waals surface area contributed by atoms with E-state index in [0.29, 0.717) is 24.5 Å². The number of benzene rings is 2. The Morgan fingerprint density at radius 2 is 1.70 bits per heavy atom. The van der Waals surface area contributed by atoms with Crippen molar-refractivity contribution in [3.8, 4) is 11.5 Å². The molecule has 0 aromatic heterocycles. The van der Waals surface area contributed by atoms with E-state index in [0.717, 1.165) is 40.3 Å². The van der Waals surface area contributed by atoms with Gasteiger partial charge in [0, 0.05) is 17.8 Å². The second kappa shape index (κ2) is 4.38. The van der Waals surface area contributed by atoms with Gasteiger partial charge in [0.2, 0.25) is 0 Å². The van der Waals surface area contributed by atoms with Gasteiger partial charge in [0.15, 0.2) is 0 Å². The number of rotatable bonds is 0. The molecule has 6 N–H and O–H groups in total. The zero-order chi connectivity index (χ0) is 16.5. The number of nitrogen functional groups attached to an aromatic ring is 2. The van der Waals surface area contributed by atoms with Crippen LogP contribution < -0.4 is 21.3 Å². The van der Waals surface area contributed by atoms with Gasteiger partial charge >= 0.3 is 0 Å². The van der Waals surface area contributed by atoms with Crippen LogP contribution in [0.4, 0.5) is 22.7 Å². The highest BCUT2D eigenvalue weighted by molar-refractivity contribution is 5.81. The number of hydrogen-bond acceptors (Lipinski definition) is 6. The number of nitrogens with zero attached hydrogens (tertiary/aromatic N) is 2. The molecule has 23 heavy (non-hydrogen) atoms. The topological polar surface area (TPSA) is 99.0 Å². The number of fused-ring (bicyclic) bond motifs is 6. The first-order valence-corrected chi connectivity index (χ1v) is 7.60. The van der Waals surface area contributed by atoms with Crippen LogP contribution in [0, 0.1) is 13.8 Å². The molecule has 2 heterocycles. The van der Waals surface area contributed by atoms with Crippen LogP contribution >= 0.6 is 0 Å². The fourth-order valence-corrected chi connectivity index (χ4v) is 3.92. The maximum atomic E-state index is 10.4. The van der Waals surface area contributed by atoms with Gasteiger partial charge in [-0.2, -0.15) is 0 Å². The molecule has 2 aliphatic rings. The van der Waals surface area contributed by atoms with E-state index in [2.05, 4.69) is 9.80 Å². The van der Waals surface area contributed by atoms with Gasteiger partial charge in [0.05, 0.1) is 30.3 Å². The maximum absolute atomic E-state index is 10.4. The number of phenols is 2. The Bertz CT molecular complexity index is 847. The summed E-state index contributed by atoms with van der Waals surface area (Å²) < 4.78 is 0. The molecule has 0 atom stereocenters. The van der Waals surface area contributed by atoms with Gasteiger partial charge in [-0.1, -0.05) is 0 Å². The number of nitrogens with two attached hydrogens (primary N) is 2. The Labute approximate surface area is 134 Å². The molecule has 2 bridgehead atoms. The fourth-order valence-electron chi connectivity index (χ4n) is 3.92. The molecule has 0 saturated carbocycles. The average molecular weight is 312 g/mol. The minimum atomic E-state index is 0.126. The lowest BCUT2D eigenvalue weighted by atomic mass is 9.95. The summed E-state index contributed by atoms with van der Waals surface area (Å²) in [6, 6.07) is 3.55. The molecule has 0 fully saturated rings. The van der Waals surface area contributed by atoms with E-state index in [-0.39, 0.29) is 11.5 Å². The van der Waals surface area contributed by atoms with E-state index in [1.54, 1.807) is 6.07 Å². The predicted molar refractivity (Wildman–Crippen MR) is 91.7 cm³/mol. The van der Waals surface area contributed by atoms with Crippen LogP contribution in [0.1, 0.15) is 22.3 Å². The summed E-state index contributed by atoms with van der Waals surface area (Å²) in [6.45, 7) is 5.89. The highest BCUT2D eigenvalue weighted by atomic mass is 16.3. The van der Waals surface area contributed by atoms with Crippen molar-refractivity contribution in [3.05, 3.63) is 34.4 Å². The smallest absolute Gasteiger partial charge is 0.145 e. The van der Waals surface area contributed by atoms with Crippen LogP contribution in [0.3, 0.4) is 0 Å². The summed E-state index contributed by atoms with van der Waals surface area (Å²) in [5.74, 6) is 0.286. The van der Waals surface area contributed by atoms with Crippen LogP contribution in [0.15, 0.2) is 12.1 Å². The maximum Gasteiger partial charge on any atom is 0.145 e. The molecule has 0 unspecified atom stereocenters. The second-order valence-corrected chi connectivity index (χ2v) is 6.44. The van der Waals surface area contributed by atoms with E-state index in [4.69, 9.17) is 11.5 Å². The number of aryl methyl sites for hydroxylation is 1. The molecule has 0 spiro atoms. The lowest BCUT2D eigenvalue weighted by molar-refractivity contribution is 0.464. The van der Waals surface area contributed by atoms with Crippen molar-refractivity contribution in [2.75, 3.05) is 27.9 Å². The van der Waals surface area contributed by atoms with E-state index >= 15 is 0 Å². The van der Waals surface area contributed by atoms with Crippen molar-refractivity contribution >= 4 is 22.7 Å². The first-order chi connectivity index (χ1) is 10.9. The molecule has 6 nitrogen and oxygen atoms in total. The van der Waals surface area contributed by atoms with Crippen LogP contribution in [0.5, 0.6) is 11.5 Å². The van der Waals surface area contributed by atoms with Crippen molar-refractivity contribution in [2.24, 2.45) is 0 Å². The normalized spacial score (nSPS) is 15.4. The third-order valence-electron chi connectivity index (χ3n) is 4.92. The van der Waals surface area contributed by atoms with Gasteiger partial charge in [0.25, 0.3) is 0 Å². The minimum absolute atomic E-state index is 0.126. The first kappa shape index (κ1) is 13.9. The Kier molecular flexibility index (Phi) is 2.64. The Morgan fingerprint density at radius 1 is 1.00 bits per heavy atom. The predicted octanol–water partition coefficient (Wildman–Crippen LogP) is 2.18. The molecular formula is C17H20N4O2. The van der Waals surface area contributed by atoms with Gasteiger partial charge in [-0.25, -0.2) is 0 Å². The van der Waals surface area contributed by atoms with Crippen LogP contribution in [0.2, 0.25) is 0 Å². The monoisotopic (exact) mass is 312 g/mol. The molecule has 0 aliphatic carbocycles. The number of aromatic hydroxyl groups is 2. The molecule has 0 saturated heterocycles. The minimum Gasteiger partial charge on any atom is -0.506 e. The second-order valence-electron chi connectivity index (χ2n) is 6.44. The van der Waals surface area contributed by atoms with E-state index in [1.807, 2.05) is 19.9 Å². The Morgan fingerprint density at radius 3 is 2.43 bits per heavy atom. The number of hydrogen-bond donors (Lipinski definition) is 4. The molecule has 2 aliphatic heterocycles. The first-order valence-electron chi connectivity index (χ1n) is 7.60. The van der Waals surface area contributed by atoms with Crippen molar-refractivity contribution in [2.45, 2.75) is 26.9 Å². The van der Waals surface area contributed by atoms with Crippen LogP contribution in [-0.2, 0) is 13.1 Å². The van der Waals surface area contributed by atoms with E-state index < -0.39 is 0 Å². The summed E-state index contributed by atoms with van der Waals surface area (Å²) in [7, 11) is 0. The van der Waals surface area contributed by atoms with Crippen LogP contribution in [0.25, 0.3) is 0 Å². The molecule has 6 heteroatoms. The molecule has 120 valence electrons. The molecular weight excluding hydrogens is 292 g/mol. The standard InChI is InChI=1S/C17H20N4O2/c1-8-3-12(18)17(23)11-6-21-7-20(15(8)11)5-10-4-13(22)14(19)9(2)16(10)21/h3-4,22-23H,5-7,18-19H2,1-2H3. The van der Waals surface area contributed by atoms with Gasteiger partial charge in [-0.3, -0.25) is 0 Å². The van der Waals surface area contributed by atoms with Crippen molar-refractivity contribution in [3.63, 3.8) is 0 Å². The number of anilines is 4. The molecule has 4 rings (SSSR count). The van der Waals surface area contributed by atoms with Gasteiger partial charge in [-0.05, 0) is 42.7 Å². The average Bonchev–Trinajstić information content (AvgIpc) is 2.49. The lowest BCUT2D eigenvalue weighted by Crippen LogP contribution is -2.47. The van der Waals surface area contributed by atoms with E-state index in [1.165, 1.54) is 0 Å². The van der Waals surface area contributed by atoms with Gasteiger partial charge in [0.1, 0.15) is 11.5 Å². The summed E-state index contributed by atoms with van der Waals surface area (Å²) >= 11 is 0.